The average molecular weight is 197 g/mol. The molecule has 1 aliphatic heterocycles. The Morgan fingerprint density at radius 2 is 2.36 bits per heavy atom. The SMILES string of the molecule is C=CCCCOCC[C@@H]1CCCNC1. The second-order valence-electron chi connectivity index (χ2n) is 4.04. The fourth-order valence-electron chi connectivity index (χ4n) is 1.85. The summed E-state index contributed by atoms with van der Waals surface area (Å²) in [5, 5.41) is 3.43. The monoisotopic (exact) mass is 197 g/mol. The molecule has 0 amide bonds. The van der Waals surface area contributed by atoms with E-state index in [0.717, 1.165) is 32.0 Å². The summed E-state index contributed by atoms with van der Waals surface area (Å²) < 4.78 is 5.56. The van der Waals surface area contributed by atoms with Gasteiger partial charge in [-0.3, -0.25) is 0 Å². The fraction of sp³-hybridized carbons (Fsp3) is 0.833. The minimum atomic E-state index is 0.850. The fourth-order valence-corrected chi connectivity index (χ4v) is 1.85. The van der Waals surface area contributed by atoms with Gasteiger partial charge in [0.25, 0.3) is 0 Å². The van der Waals surface area contributed by atoms with Crippen molar-refractivity contribution < 1.29 is 4.74 Å². The zero-order valence-corrected chi connectivity index (χ0v) is 9.13. The quantitative estimate of drug-likeness (QED) is 0.500. The van der Waals surface area contributed by atoms with E-state index in [9.17, 15) is 0 Å². The molecule has 14 heavy (non-hydrogen) atoms. The van der Waals surface area contributed by atoms with E-state index >= 15 is 0 Å². The number of hydrogen-bond acceptors (Lipinski definition) is 2. The van der Waals surface area contributed by atoms with Crippen molar-refractivity contribution in [1.29, 1.82) is 0 Å². The van der Waals surface area contributed by atoms with Crippen LogP contribution in [-0.2, 0) is 4.74 Å². The first-order chi connectivity index (χ1) is 6.93. The van der Waals surface area contributed by atoms with Gasteiger partial charge in [-0.1, -0.05) is 6.08 Å². The van der Waals surface area contributed by atoms with Crippen LogP contribution in [-0.4, -0.2) is 26.3 Å². The molecule has 0 saturated carbocycles. The van der Waals surface area contributed by atoms with Gasteiger partial charge in [0.2, 0.25) is 0 Å². The van der Waals surface area contributed by atoms with Gasteiger partial charge in [0.1, 0.15) is 0 Å². The van der Waals surface area contributed by atoms with Gasteiger partial charge in [-0.15, -0.1) is 6.58 Å². The van der Waals surface area contributed by atoms with Crippen molar-refractivity contribution >= 4 is 0 Å². The van der Waals surface area contributed by atoms with Gasteiger partial charge in [0.15, 0.2) is 0 Å². The van der Waals surface area contributed by atoms with Crippen molar-refractivity contribution in [3.63, 3.8) is 0 Å². The second kappa shape index (κ2) is 8.01. The third kappa shape index (κ3) is 5.40. The van der Waals surface area contributed by atoms with E-state index in [4.69, 9.17) is 4.74 Å². The maximum atomic E-state index is 5.56. The molecule has 0 unspecified atom stereocenters. The molecule has 0 aromatic rings. The van der Waals surface area contributed by atoms with Crippen LogP contribution in [0, 0.1) is 5.92 Å². The van der Waals surface area contributed by atoms with Crippen molar-refractivity contribution in [3.8, 4) is 0 Å². The summed E-state index contributed by atoms with van der Waals surface area (Å²) in [5.41, 5.74) is 0. The zero-order chi connectivity index (χ0) is 10.1. The molecule has 0 aliphatic carbocycles. The summed E-state index contributed by atoms with van der Waals surface area (Å²) >= 11 is 0. The molecular formula is C12H23NO. The first kappa shape index (κ1) is 11.7. The summed E-state index contributed by atoms with van der Waals surface area (Å²) in [6.45, 7) is 7.91. The highest BCUT2D eigenvalue weighted by atomic mass is 16.5. The average Bonchev–Trinajstić information content (AvgIpc) is 2.25. The highest BCUT2D eigenvalue weighted by Gasteiger charge is 2.11. The molecule has 0 aromatic carbocycles. The number of hydrogen-bond donors (Lipinski definition) is 1. The molecule has 1 atom stereocenters. The van der Waals surface area contributed by atoms with E-state index in [1.807, 2.05) is 6.08 Å². The molecule has 1 saturated heterocycles. The Morgan fingerprint density at radius 3 is 3.07 bits per heavy atom. The Labute approximate surface area is 87.7 Å². The summed E-state index contributed by atoms with van der Waals surface area (Å²) in [6, 6.07) is 0. The smallest absolute Gasteiger partial charge is 0.0469 e. The summed E-state index contributed by atoms with van der Waals surface area (Å²) in [5.74, 6) is 0.850. The van der Waals surface area contributed by atoms with Crippen LogP contribution >= 0.6 is 0 Å². The number of piperidine rings is 1. The molecule has 2 heteroatoms. The van der Waals surface area contributed by atoms with Gasteiger partial charge in [0.05, 0.1) is 0 Å². The molecule has 0 aromatic heterocycles. The van der Waals surface area contributed by atoms with Crippen LogP contribution in [0.3, 0.4) is 0 Å². The highest BCUT2D eigenvalue weighted by molar-refractivity contribution is 4.68. The number of ether oxygens (including phenoxy) is 1. The summed E-state index contributed by atoms with van der Waals surface area (Å²) in [6.07, 6.45) is 8.08. The van der Waals surface area contributed by atoms with Crippen molar-refractivity contribution in [2.24, 2.45) is 5.92 Å². The molecule has 1 fully saturated rings. The first-order valence-electron chi connectivity index (χ1n) is 5.83. The van der Waals surface area contributed by atoms with E-state index in [1.54, 1.807) is 0 Å². The number of rotatable bonds is 7. The van der Waals surface area contributed by atoms with Gasteiger partial charge in [-0.25, -0.2) is 0 Å². The van der Waals surface area contributed by atoms with Crippen LogP contribution in [0.2, 0.25) is 0 Å². The lowest BCUT2D eigenvalue weighted by Gasteiger charge is -2.22. The van der Waals surface area contributed by atoms with E-state index in [-0.39, 0.29) is 0 Å². The molecule has 2 nitrogen and oxygen atoms in total. The largest absolute Gasteiger partial charge is 0.381 e. The molecule has 82 valence electrons. The van der Waals surface area contributed by atoms with Gasteiger partial charge < -0.3 is 10.1 Å². The van der Waals surface area contributed by atoms with Gasteiger partial charge in [-0.2, -0.15) is 0 Å². The Kier molecular flexibility index (Phi) is 6.71. The summed E-state index contributed by atoms with van der Waals surface area (Å²) in [4.78, 5) is 0. The van der Waals surface area contributed by atoms with Crippen LogP contribution in [0.5, 0.6) is 0 Å². The Bertz CT molecular complexity index is 141. The molecule has 1 aliphatic rings. The van der Waals surface area contributed by atoms with Crippen LogP contribution in [0.15, 0.2) is 12.7 Å². The molecule has 1 heterocycles. The van der Waals surface area contributed by atoms with Crippen molar-refractivity contribution in [3.05, 3.63) is 12.7 Å². The lowest BCUT2D eigenvalue weighted by molar-refractivity contribution is 0.114. The molecule has 0 radical (unpaired) electrons. The van der Waals surface area contributed by atoms with Crippen LogP contribution < -0.4 is 5.32 Å². The predicted molar refractivity (Wildman–Crippen MR) is 60.5 cm³/mol. The molecule has 1 N–H and O–H groups in total. The van der Waals surface area contributed by atoms with Gasteiger partial charge in [0, 0.05) is 13.2 Å². The van der Waals surface area contributed by atoms with Crippen molar-refractivity contribution in [2.45, 2.75) is 32.1 Å². The lowest BCUT2D eigenvalue weighted by Crippen LogP contribution is -2.30. The standard InChI is InChI=1S/C12H23NO/c1-2-3-4-9-14-10-7-12-6-5-8-13-11-12/h2,12-13H,1,3-11H2/t12-/m0/s1. The number of nitrogens with one attached hydrogen (secondary N) is 1. The predicted octanol–water partition coefficient (Wildman–Crippen LogP) is 2.36. The number of allylic oxidation sites excluding steroid dienone is 1. The summed E-state index contributed by atoms with van der Waals surface area (Å²) in [7, 11) is 0. The minimum Gasteiger partial charge on any atom is -0.381 e. The van der Waals surface area contributed by atoms with E-state index < -0.39 is 0 Å². The molecule has 0 spiro atoms. The zero-order valence-electron chi connectivity index (χ0n) is 9.13. The first-order valence-corrected chi connectivity index (χ1v) is 5.83. The topological polar surface area (TPSA) is 21.3 Å². The van der Waals surface area contributed by atoms with Crippen molar-refractivity contribution in [1.82, 2.24) is 5.32 Å². The maximum absolute atomic E-state index is 5.56. The molecule has 1 rings (SSSR count). The van der Waals surface area contributed by atoms with Gasteiger partial charge in [-0.05, 0) is 51.1 Å². The van der Waals surface area contributed by atoms with Crippen molar-refractivity contribution in [2.75, 3.05) is 26.3 Å². The van der Waals surface area contributed by atoms with Crippen LogP contribution in [0.1, 0.15) is 32.1 Å². The van der Waals surface area contributed by atoms with Crippen LogP contribution in [0.25, 0.3) is 0 Å². The Morgan fingerprint density at radius 1 is 1.43 bits per heavy atom. The third-order valence-electron chi connectivity index (χ3n) is 2.77. The van der Waals surface area contributed by atoms with E-state index in [1.165, 1.54) is 32.4 Å². The minimum absolute atomic E-state index is 0.850. The van der Waals surface area contributed by atoms with E-state index in [2.05, 4.69) is 11.9 Å². The lowest BCUT2D eigenvalue weighted by atomic mass is 9.97. The maximum Gasteiger partial charge on any atom is 0.0469 e. The van der Waals surface area contributed by atoms with Gasteiger partial charge >= 0.3 is 0 Å². The second-order valence-corrected chi connectivity index (χ2v) is 4.04. The van der Waals surface area contributed by atoms with Crippen LogP contribution in [0.4, 0.5) is 0 Å². The highest BCUT2D eigenvalue weighted by Crippen LogP contribution is 2.13. The third-order valence-corrected chi connectivity index (χ3v) is 2.77. The normalized spacial score (nSPS) is 22.1. The Balaban J connectivity index is 1.85. The van der Waals surface area contributed by atoms with E-state index in [0.29, 0.717) is 0 Å². The molecular weight excluding hydrogens is 174 g/mol. The number of unbranched alkanes of at least 4 members (excludes halogenated alkanes) is 1. The molecule has 0 bridgehead atoms. The Hall–Kier alpha value is -0.340.